The molecule has 1 amide bonds. The molecule has 0 aromatic carbocycles. The van der Waals surface area contributed by atoms with Crippen molar-refractivity contribution in [3.63, 3.8) is 0 Å². The van der Waals surface area contributed by atoms with Crippen molar-refractivity contribution in [2.75, 3.05) is 0 Å². The van der Waals surface area contributed by atoms with E-state index in [0.717, 1.165) is 15.1 Å². The molecule has 0 aliphatic heterocycles. The molecule has 0 saturated heterocycles. The SMILES string of the molecule is Cc1nc(CNC(=O)c2ccc(Br)s2)sc1C(=O)O. The van der Waals surface area contributed by atoms with Gasteiger partial charge in [-0.2, -0.15) is 0 Å². The molecule has 2 aromatic rings. The van der Waals surface area contributed by atoms with E-state index < -0.39 is 5.97 Å². The number of halogens is 1. The summed E-state index contributed by atoms with van der Waals surface area (Å²) in [6.45, 7) is 1.87. The summed E-state index contributed by atoms with van der Waals surface area (Å²) in [6.07, 6.45) is 0. The summed E-state index contributed by atoms with van der Waals surface area (Å²) in [7, 11) is 0. The Bertz CT molecular complexity index is 636. The Morgan fingerprint density at radius 3 is 2.68 bits per heavy atom. The average Bonchev–Trinajstić information content (AvgIpc) is 2.92. The zero-order chi connectivity index (χ0) is 14.0. The molecule has 19 heavy (non-hydrogen) atoms. The van der Waals surface area contributed by atoms with Crippen LogP contribution in [0.1, 0.15) is 30.0 Å². The van der Waals surface area contributed by atoms with Crippen molar-refractivity contribution in [2.45, 2.75) is 13.5 Å². The lowest BCUT2D eigenvalue weighted by Crippen LogP contribution is -2.21. The molecular weight excluding hydrogens is 352 g/mol. The van der Waals surface area contributed by atoms with Crippen LogP contribution in [-0.4, -0.2) is 22.0 Å². The Hall–Kier alpha value is -1.25. The molecule has 0 aliphatic rings. The fourth-order valence-corrected chi connectivity index (χ4v) is 3.55. The molecule has 0 saturated carbocycles. The number of thiophene rings is 1. The standard InChI is InChI=1S/C11H9BrN2O3S2/c1-5-9(11(16)17)19-8(14-5)4-13-10(15)6-2-3-7(12)18-6/h2-3H,4H2,1H3,(H,13,15)(H,16,17). The maximum absolute atomic E-state index is 11.8. The van der Waals surface area contributed by atoms with Gasteiger partial charge in [-0.3, -0.25) is 4.79 Å². The van der Waals surface area contributed by atoms with Gasteiger partial charge < -0.3 is 10.4 Å². The van der Waals surface area contributed by atoms with E-state index in [0.29, 0.717) is 15.6 Å². The molecule has 0 bridgehead atoms. The molecule has 0 atom stereocenters. The quantitative estimate of drug-likeness (QED) is 0.878. The highest BCUT2D eigenvalue weighted by molar-refractivity contribution is 9.11. The van der Waals surface area contributed by atoms with Crippen LogP contribution in [0.3, 0.4) is 0 Å². The zero-order valence-electron chi connectivity index (χ0n) is 9.77. The number of carbonyl (C=O) groups is 2. The highest BCUT2D eigenvalue weighted by Crippen LogP contribution is 2.22. The lowest BCUT2D eigenvalue weighted by atomic mass is 10.4. The number of hydrogen-bond donors (Lipinski definition) is 2. The van der Waals surface area contributed by atoms with Crippen molar-refractivity contribution in [2.24, 2.45) is 0 Å². The Morgan fingerprint density at radius 2 is 2.16 bits per heavy atom. The summed E-state index contributed by atoms with van der Waals surface area (Å²) < 4.78 is 0.885. The second kappa shape index (κ2) is 5.81. The lowest BCUT2D eigenvalue weighted by molar-refractivity contribution is 0.0701. The molecule has 2 heterocycles. The van der Waals surface area contributed by atoms with Gasteiger partial charge in [0.05, 0.1) is 20.9 Å². The molecule has 0 spiro atoms. The molecule has 8 heteroatoms. The topological polar surface area (TPSA) is 79.3 Å². The van der Waals surface area contributed by atoms with Gasteiger partial charge in [0.25, 0.3) is 5.91 Å². The number of aryl methyl sites for hydroxylation is 1. The Balaban J connectivity index is 2.01. The summed E-state index contributed by atoms with van der Waals surface area (Å²) in [5, 5.41) is 12.2. The first-order valence-electron chi connectivity index (χ1n) is 5.20. The van der Waals surface area contributed by atoms with Crippen LogP contribution in [0.25, 0.3) is 0 Å². The van der Waals surface area contributed by atoms with E-state index in [4.69, 9.17) is 5.11 Å². The first-order valence-corrected chi connectivity index (χ1v) is 7.63. The summed E-state index contributed by atoms with van der Waals surface area (Å²) >= 11 is 5.70. The fraction of sp³-hybridized carbons (Fsp3) is 0.182. The van der Waals surface area contributed by atoms with E-state index in [9.17, 15) is 9.59 Å². The number of rotatable bonds is 4. The maximum atomic E-state index is 11.8. The summed E-state index contributed by atoms with van der Waals surface area (Å²) in [4.78, 5) is 27.6. The lowest BCUT2D eigenvalue weighted by Gasteiger charge is -1.99. The third-order valence-electron chi connectivity index (χ3n) is 2.23. The second-order valence-electron chi connectivity index (χ2n) is 3.61. The fourth-order valence-electron chi connectivity index (χ4n) is 1.41. The van der Waals surface area contributed by atoms with Crippen LogP contribution in [0.5, 0.6) is 0 Å². The largest absolute Gasteiger partial charge is 0.477 e. The minimum absolute atomic E-state index is 0.194. The first-order chi connectivity index (χ1) is 8.97. The molecule has 0 fully saturated rings. The van der Waals surface area contributed by atoms with Gasteiger partial charge in [0.2, 0.25) is 0 Å². The van der Waals surface area contributed by atoms with E-state index in [2.05, 4.69) is 26.2 Å². The third-order valence-corrected chi connectivity index (χ3v) is 5.00. The van der Waals surface area contributed by atoms with Crippen LogP contribution in [0, 0.1) is 6.92 Å². The number of carboxylic acids is 1. The van der Waals surface area contributed by atoms with Crippen molar-refractivity contribution in [1.82, 2.24) is 10.3 Å². The smallest absolute Gasteiger partial charge is 0.347 e. The number of nitrogens with zero attached hydrogens (tertiary/aromatic N) is 1. The van der Waals surface area contributed by atoms with Gasteiger partial charge in [-0.05, 0) is 35.0 Å². The number of amides is 1. The monoisotopic (exact) mass is 360 g/mol. The normalized spacial score (nSPS) is 10.4. The van der Waals surface area contributed by atoms with E-state index in [1.807, 2.05) is 0 Å². The average molecular weight is 361 g/mol. The molecule has 2 aromatic heterocycles. The Kier molecular flexibility index (Phi) is 4.33. The second-order valence-corrected chi connectivity index (χ2v) is 7.16. The number of carbonyl (C=O) groups excluding carboxylic acids is 1. The highest BCUT2D eigenvalue weighted by Gasteiger charge is 2.15. The molecule has 100 valence electrons. The van der Waals surface area contributed by atoms with E-state index >= 15 is 0 Å². The summed E-state index contributed by atoms with van der Waals surface area (Å²) in [6, 6.07) is 3.52. The molecule has 0 unspecified atom stereocenters. The van der Waals surface area contributed by atoms with E-state index in [-0.39, 0.29) is 17.3 Å². The minimum atomic E-state index is -0.991. The zero-order valence-corrected chi connectivity index (χ0v) is 13.0. The van der Waals surface area contributed by atoms with Crippen molar-refractivity contribution >= 4 is 50.5 Å². The van der Waals surface area contributed by atoms with Crippen molar-refractivity contribution < 1.29 is 14.7 Å². The van der Waals surface area contributed by atoms with Gasteiger partial charge in [0.15, 0.2) is 0 Å². The Labute approximate surface area is 125 Å². The molecule has 2 rings (SSSR count). The Morgan fingerprint density at radius 1 is 1.42 bits per heavy atom. The maximum Gasteiger partial charge on any atom is 0.347 e. The van der Waals surface area contributed by atoms with Crippen molar-refractivity contribution in [3.8, 4) is 0 Å². The van der Waals surface area contributed by atoms with Gasteiger partial charge in [-0.25, -0.2) is 9.78 Å². The number of nitrogens with one attached hydrogen (secondary N) is 1. The number of aromatic carboxylic acids is 1. The van der Waals surface area contributed by atoms with Crippen LogP contribution >= 0.6 is 38.6 Å². The highest BCUT2D eigenvalue weighted by atomic mass is 79.9. The number of aromatic nitrogens is 1. The molecule has 5 nitrogen and oxygen atoms in total. The number of thiazole rings is 1. The molecule has 2 N–H and O–H groups in total. The van der Waals surface area contributed by atoms with Crippen molar-refractivity contribution in [3.05, 3.63) is 36.4 Å². The number of carboxylic acid groups (broad SMARTS) is 1. The van der Waals surface area contributed by atoms with Gasteiger partial charge >= 0.3 is 5.97 Å². The van der Waals surface area contributed by atoms with Gasteiger partial charge in [-0.15, -0.1) is 22.7 Å². The van der Waals surface area contributed by atoms with E-state index in [1.165, 1.54) is 11.3 Å². The summed E-state index contributed by atoms with van der Waals surface area (Å²) in [5.74, 6) is -1.19. The van der Waals surface area contributed by atoms with Crippen LogP contribution in [0.4, 0.5) is 0 Å². The van der Waals surface area contributed by atoms with Crippen LogP contribution in [-0.2, 0) is 6.54 Å². The van der Waals surface area contributed by atoms with Gasteiger partial charge in [-0.1, -0.05) is 0 Å². The molecule has 0 aliphatic carbocycles. The van der Waals surface area contributed by atoms with Gasteiger partial charge in [0.1, 0.15) is 9.88 Å². The predicted octanol–water partition coefficient (Wildman–Crippen LogP) is 2.90. The molecule has 0 radical (unpaired) electrons. The van der Waals surface area contributed by atoms with Crippen LogP contribution in [0.15, 0.2) is 15.9 Å². The summed E-state index contributed by atoms with van der Waals surface area (Å²) in [5.41, 5.74) is 0.473. The number of hydrogen-bond acceptors (Lipinski definition) is 5. The molecular formula is C11H9BrN2O3S2. The van der Waals surface area contributed by atoms with Gasteiger partial charge in [0, 0.05) is 0 Å². The van der Waals surface area contributed by atoms with Crippen LogP contribution in [0.2, 0.25) is 0 Å². The minimum Gasteiger partial charge on any atom is -0.477 e. The first kappa shape index (κ1) is 14.2. The van der Waals surface area contributed by atoms with E-state index in [1.54, 1.807) is 19.1 Å². The van der Waals surface area contributed by atoms with Crippen molar-refractivity contribution in [1.29, 1.82) is 0 Å². The van der Waals surface area contributed by atoms with Crippen LogP contribution < -0.4 is 5.32 Å². The predicted molar refractivity (Wildman–Crippen MR) is 77.0 cm³/mol. The third kappa shape index (κ3) is 3.40.